The van der Waals surface area contributed by atoms with Crippen molar-refractivity contribution < 1.29 is 9.52 Å². The second kappa shape index (κ2) is 8.69. The van der Waals surface area contributed by atoms with E-state index in [1.165, 1.54) is 23.2 Å². The molecule has 3 rings (SSSR count). The molecule has 28 heavy (non-hydrogen) atoms. The summed E-state index contributed by atoms with van der Waals surface area (Å²) in [5, 5.41) is 17.2. The Morgan fingerprint density at radius 3 is 2.82 bits per heavy atom. The predicted molar refractivity (Wildman–Crippen MR) is 114 cm³/mol. The number of rotatable bonds is 6. The van der Waals surface area contributed by atoms with Gasteiger partial charge in [-0.1, -0.05) is 12.1 Å². The van der Waals surface area contributed by atoms with Crippen LogP contribution >= 0.6 is 0 Å². The van der Waals surface area contributed by atoms with Gasteiger partial charge in [0.15, 0.2) is 5.96 Å². The lowest BCUT2D eigenvalue weighted by Crippen LogP contribution is -2.44. The molecular formula is C22H32N4O2. The van der Waals surface area contributed by atoms with Crippen molar-refractivity contribution in [3.05, 3.63) is 53.0 Å². The molecule has 2 heterocycles. The zero-order chi connectivity index (χ0) is 20.1. The highest BCUT2D eigenvalue weighted by Gasteiger charge is 2.27. The second-order valence-corrected chi connectivity index (χ2v) is 7.72. The molecule has 0 saturated heterocycles. The Balaban J connectivity index is 1.66. The van der Waals surface area contributed by atoms with Crippen molar-refractivity contribution in [2.75, 3.05) is 31.6 Å². The number of hydrogen-bond acceptors (Lipinski definition) is 4. The van der Waals surface area contributed by atoms with Crippen molar-refractivity contribution in [3.63, 3.8) is 0 Å². The Hall–Kier alpha value is -2.47. The number of fused-ring (bicyclic) bond motifs is 1. The van der Waals surface area contributed by atoms with Gasteiger partial charge in [0.25, 0.3) is 0 Å². The molecule has 1 aliphatic heterocycles. The van der Waals surface area contributed by atoms with Gasteiger partial charge in [0.2, 0.25) is 0 Å². The summed E-state index contributed by atoms with van der Waals surface area (Å²) in [6, 6.07) is 10.3. The molecule has 0 radical (unpaired) electrons. The van der Waals surface area contributed by atoms with E-state index in [1.54, 1.807) is 6.92 Å². The molecular weight excluding hydrogens is 352 g/mol. The summed E-state index contributed by atoms with van der Waals surface area (Å²) in [4.78, 5) is 7.01. The highest BCUT2D eigenvalue weighted by Crippen LogP contribution is 2.27. The first-order valence-corrected chi connectivity index (χ1v) is 10.0. The third-order valence-electron chi connectivity index (χ3n) is 5.13. The Kier molecular flexibility index (Phi) is 6.29. The number of anilines is 1. The topological polar surface area (TPSA) is 73.0 Å². The monoisotopic (exact) mass is 384 g/mol. The van der Waals surface area contributed by atoms with Crippen LogP contribution < -0.4 is 15.5 Å². The Bertz CT molecular complexity index is 826. The molecule has 1 unspecified atom stereocenters. The summed E-state index contributed by atoms with van der Waals surface area (Å²) in [5.74, 6) is 2.02. The smallest absolute Gasteiger partial charge is 0.191 e. The van der Waals surface area contributed by atoms with E-state index in [4.69, 9.17) is 9.41 Å². The van der Waals surface area contributed by atoms with Crippen molar-refractivity contribution in [2.45, 2.75) is 45.8 Å². The van der Waals surface area contributed by atoms with Gasteiger partial charge >= 0.3 is 0 Å². The number of aryl methyl sites for hydroxylation is 2. The molecule has 1 aromatic carbocycles. The summed E-state index contributed by atoms with van der Waals surface area (Å²) >= 11 is 0. The van der Waals surface area contributed by atoms with E-state index in [0.717, 1.165) is 25.3 Å². The van der Waals surface area contributed by atoms with Crippen molar-refractivity contribution >= 4 is 11.6 Å². The minimum atomic E-state index is -1.11. The summed E-state index contributed by atoms with van der Waals surface area (Å²) in [6.07, 6.45) is 2.32. The average molecular weight is 385 g/mol. The van der Waals surface area contributed by atoms with Crippen molar-refractivity contribution in [1.29, 1.82) is 0 Å². The fourth-order valence-corrected chi connectivity index (χ4v) is 3.52. The Morgan fingerprint density at radius 2 is 2.11 bits per heavy atom. The largest absolute Gasteiger partial charge is 0.463 e. The van der Waals surface area contributed by atoms with E-state index < -0.39 is 5.60 Å². The van der Waals surface area contributed by atoms with Crippen molar-refractivity contribution in [1.82, 2.24) is 10.6 Å². The van der Waals surface area contributed by atoms with Gasteiger partial charge in [0, 0.05) is 25.8 Å². The molecule has 0 amide bonds. The van der Waals surface area contributed by atoms with Crippen molar-refractivity contribution in [2.24, 2.45) is 4.99 Å². The Morgan fingerprint density at radius 1 is 1.29 bits per heavy atom. The van der Waals surface area contributed by atoms with Gasteiger partial charge < -0.3 is 25.1 Å². The predicted octanol–water partition coefficient (Wildman–Crippen LogP) is 2.93. The van der Waals surface area contributed by atoms with Crippen LogP contribution in [0.25, 0.3) is 0 Å². The molecule has 1 aromatic heterocycles. The van der Waals surface area contributed by atoms with Crippen LogP contribution in [0.4, 0.5) is 5.69 Å². The summed E-state index contributed by atoms with van der Waals surface area (Å²) in [5.41, 5.74) is 2.81. The van der Waals surface area contributed by atoms with E-state index in [2.05, 4.69) is 40.8 Å². The van der Waals surface area contributed by atoms with Gasteiger partial charge in [-0.25, -0.2) is 4.99 Å². The molecule has 0 bridgehead atoms. The minimum absolute atomic E-state index is 0.306. The molecule has 3 N–H and O–H groups in total. The number of nitrogens with zero attached hydrogens (tertiary/aromatic N) is 2. The highest BCUT2D eigenvalue weighted by molar-refractivity contribution is 5.79. The number of guanidine groups is 1. The lowest BCUT2D eigenvalue weighted by molar-refractivity contribution is 0.0378. The van der Waals surface area contributed by atoms with E-state index in [0.29, 0.717) is 24.8 Å². The average Bonchev–Trinajstić information content (AvgIpc) is 3.11. The highest BCUT2D eigenvalue weighted by atomic mass is 16.4. The molecule has 6 heteroatoms. The fraction of sp³-hybridized carbons (Fsp3) is 0.500. The Labute approximate surface area is 167 Å². The number of furan rings is 1. The van der Waals surface area contributed by atoms with E-state index in [1.807, 2.05) is 26.0 Å². The molecule has 2 aromatic rings. The quantitative estimate of drug-likeness (QED) is 0.528. The van der Waals surface area contributed by atoms with Gasteiger partial charge in [0.1, 0.15) is 17.1 Å². The zero-order valence-corrected chi connectivity index (χ0v) is 17.4. The maximum atomic E-state index is 10.7. The van der Waals surface area contributed by atoms with Gasteiger partial charge in [-0.2, -0.15) is 0 Å². The second-order valence-electron chi connectivity index (χ2n) is 7.72. The summed E-state index contributed by atoms with van der Waals surface area (Å²) < 4.78 is 5.58. The van der Waals surface area contributed by atoms with Gasteiger partial charge in [-0.3, -0.25) is 0 Å². The molecule has 0 spiro atoms. The van der Waals surface area contributed by atoms with Gasteiger partial charge in [-0.05, 0) is 62.9 Å². The lowest BCUT2D eigenvalue weighted by atomic mass is 10.00. The number of benzene rings is 1. The molecule has 0 saturated carbocycles. The fourth-order valence-electron chi connectivity index (χ4n) is 3.52. The van der Waals surface area contributed by atoms with Crippen LogP contribution in [0.1, 0.15) is 42.9 Å². The molecule has 1 aliphatic rings. The van der Waals surface area contributed by atoms with Crippen LogP contribution in [0.3, 0.4) is 0 Å². The van der Waals surface area contributed by atoms with Crippen LogP contribution in [-0.2, 0) is 18.6 Å². The number of aliphatic hydroxyl groups is 1. The van der Waals surface area contributed by atoms with Crippen LogP contribution in [0.2, 0.25) is 0 Å². The molecule has 0 aliphatic carbocycles. The normalized spacial score (nSPS) is 16.5. The first-order valence-electron chi connectivity index (χ1n) is 10.0. The summed E-state index contributed by atoms with van der Waals surface area (Å²) in [6.45, 7) is 8.41. The SMILES string of the molecule is CCNC(=NCc1ccc2c(c1)CCCN2C)NCC(C)(O)c1ccc(C)o1. The third-order valence-corrected chi connectivity index (χ3v) is 5.13. The maximum Gasteiger partial charge on any atom is 0.191 e. The van der Waals surface area contributed by atoms with E-state index in [9.17, 15) is 5.11 Å². The number of aliphatic imine (C=N–C) groups is 1. The minimum Gasteiger partial charge on any atom is -0.463 e. The molecule has 152 valence electrons. The van der Waals surface area contributed by atoms with Gasteiger partial charge in [-0.15, -0.1) is 0 Å². The van der Waals surface area contributed by atoms with Crippen molar-refractivity contribution in [3.8, 4) is 0 Å². The summed E-state index contributed by atoms with van der Waals surface area (Å²) in [7, 11) is 2.15. The maximum absolute atomic E-state index is 10.7. The number of hydrogen-bond donors (Lipinski definition) is 3. The first-order chi connectivity index (χ1) is 13.4. The van der Waals surface area contributed by atoms with E-state index in [-0.39, 0.29) is 0 Å². The van der Waals surface area contributed by atoms with E-state index >= 15 is 0 Å². The zero-order valence-electron chi connectivity index (χ0n) is 17.4. The standard InChI is InChI=1S/C22H32N4O2/c1-5-23-21(25-15-22(3,27)20-11-8-16(2)28-20)24-14-17-9-10-19-18(13-17)7-6-12-26(19)4/h8-11,13,27H,5-7,12,14-15H2,1-4H3,(H2,23,24,25). The third kappa shape index (κ3) is 4.87. The molecule has 6 nitrogen and oxygen atoms in total. The van der Waals surface area contributed by atoms with Gasteiger partial charge in [0.05, 0.1) is 13.1 Å². The lowest BCUT2D eigenvalue weighted by Gasteiger charge is -2.27. The van der Waals surface area contributed by atoms with Crippen LogP contribution in [0.5, 0.6) is 0 Å². The van der Waals surface area contributed by atoms with Crippen LogP contribution in [0.15, 0.2) is 39.7 Å². The first kappa shape index (κ1) is 20.3. The van der Waals surface area contributed by atoms with Crippen LogP contribution in [-0.4, -0.2) is 37.7 Å². The number of nitrogens with one attached hydrogen (secondary N) is 2. The van der Waals surface area contributed by atoms with Crippen LogP contribution in [0, 0.1) is 6.92 Å². The molecule has 0 fully saturated rings. The molecule has 1 atom stereocenters.